The van der Waals surface area contributed by atoms with E-state index >= 15 is 0 Å². The number of nitrogens with zero attached hydrogens (tertiary/aromatic N) is 1. The van der Waals surface area contributed by atoms with Gasteiger partial charge in [0.15, 0.2) is 5.78 Å². The van der Waals surface area contributed by atoms with Crippen molar-refractivity contribution in [1.29, 1.82) is 0 Å². The topological polar surface area (TPSA) is 32.3 Å². The zero-order valence-corrected chi connectivity index (χ0v) is 10.2. The van der Waals surface area contributed by atoms with Crippen molar-refractivity contribution < 1.29 is 13.6 Å². The Morgan fingerprint density at radius 3 is 2.61 bits per heavy atom. The van der Waals surface area contributed by atoms with Crippen molar-refractivity contribution in [2.24, 2.45) is 0 Å². The molecule has 1 aliphatic rings. The molecule has 18 heavy (non-hydrogen) atoms. The zero-order chi connectivity index (χ0) is 13.1. The summed E-state index contributed by atoms with van der Waals surface area (Å²) in [6.45, 7) is 4.22. The van der Waals surface area contributed by atoms with Gasteiger partial charge in [0.2, 0.25) is 0 Å². The smallest absolute Gasteiger partial charge is 0.151 e. The van der Waals surface area contributed by atoms with Crippen LogP contribution in [-0.2, 0) is 4.79 Å². The fourth-order valence-electron chi connectivity index (χ4n) is 2.34. The lowest BCUT2D eigenvalue weighted by molar-refractivity contribution is -0.122. The molecular weight excluding hydrogens is 238 g/mol. The van der Waals surface area contributed by atoms with Crippen molar-refractivity contribution in [3.05, 3.63) is 35.4 Å². The largest absolute Gasteiger partial charge is 0.314 e. The molecule has 5 heteroatoms. The number of rotatable bonds is 3. The molecule has 0 radical (unpaired) electrons. The third-order valence-electron chi connectivity index (χ3n) is 3.15. The first-order chi connectivity index (χ1) is 8.59. The number of carbonyl (C=O) groups is 1. The van der Waals surface area contributed by atoms with Crippen LogP contribution in [-0.4, -0.2) is 36.9 Å². The summed E-state index contributed by atoms with van der Waals surface area (Å²) in [4.78, 5) is 13.6. The molecule has 1 aromatic carbocycles. The molecule has 1 atom stereocenters. The monoisotopic (exact) mass is 254 g/mol. The van der Waals surface area contributed by atoms with Crippen molar-refractivity contribution in [2.45, 2.75) is 13.0 Å². The standard InChI is InChI=1S/C13H16F2N2O/c1-9(18)13(17-6-4-16-5-7-17)11-8-10(14)2-3-12(11)15/h2-3,8,13,16H,4-7H2,1H3. The van der Waals surface area contributed by atoms with Gasteiger partial charge in [-0.15, -0.1) is 0 Å². The Bertz CT molecular complexity index is 445. The molecule has 1 N–H and O–H groups in total. The second-order valence-corrected chi connectivity index (χ2v) is 4.46. The van der Waals surface area contributed by atoms with Gasteiger partial charge in [-0.3, -0.25) is 9.69 Å². The zero-order valence-electron chi connectivity index (χ0n) is 10.2. The van der Waals surface area contributed by atoms with Gasteiger partial charge in [0.25, 0.3) is 0 Å². The highest BCUT2D eigenvalue weighted by atomic mass is 19.1. The predicted molar refractivity (Wildman–Crippen MR) is 64.2 cm³/mol. The van der Waals surface area contributed by atoms with Gasteiger partial charge in [-0.25, -0.2) is 8.78 Å². The Hall–Kier alpha value is -1.33. The van der Waals surface area contributed by atoms with E-state index in [-0.39, 0.29) is 11.3 Å². The van der Waals surface area contributed by atoms with Crippen molar-refractivity contribution in [1.82, 2.24) is 10.2 Å². The highest BCUT2D eigenvalue weighted by Crippen LogP contribution is 2.25. The minimum Gasteiger partial charge on any atom is -0.314 e. The van der Waals surface area contributed by atoms with Gasteiger partial charge in [0, 0.05) is 31.7 Å². The molecule has 0 aromatic heterocycles. The summed E-state index contributed by atoms with van der Waals surface area (Å²) in [7, 11) is 0. The quantitative estimate of drug-likeness (QED) is 0.887. The average Bonchev–Trinajstić information content (AvgIpc) is 2.35. The number of nitrogens with one attached hydrogen (secondary N) is 1. The van der Waals surface area contributed by atoms with Crippen LogP contribution in [0.5, 0.6) is 0 Å². The molecule has 0 saturated carbocycles. The molecule has 1 unspecified atom stereocenters. The summed E-state index contributed by atoms with van der Waals surface area (Å²) >= 11 is 0. The molecule has 1 heterocycles. The molecule has 0 amide bonds. The van der Waals surface area contributed by atoms with Crippen LogP contribution in [0.4, 0.5) is 8.78 Å². The van der Waals surface area contributed by atoms with Crippen LogP contribution in [0.2, 0.25) is 0 Å². The van der Waals surface area contributed by atoms with Gasteiger partial charge in [-0.05, 0) is 25.1 Å². The number of Topliss-reactive ketones (excluding diaryl/α,β-unsaturated/α-hetero) is 1. The van der Waals surface area contributed by atoms with Gasteiger partial charge in [0.05, 0.1) is 6.04 Å². The van der Waals surface area contributed by atoms with Gasteiger partial charge in [-0.2, -0.15) is 0 Å². The number of ketones is 1. The van der Waals surface area contributed by atoms with E-state index in [1.165, 1.54) is 6.92 Å². The first-order valence-corrected chi connectivity index (χ1v) is 6.00. The van der Waals surface area contributed by atoms with Gasteiger partial charge in [-0.1, -0.05) is 0 Å². The van der Waals surface area contributed by atoms with E-state index in [2.05, 4.69) is 5.32 Å². The number of carbonyl (C=O) groups excluding carboxylic acids is 1. The maximum atomic E-state index is 13.8. The van der Waals surface area contributed by atoms with Crippen LogP contribution < -0.4 is 5.32 Å². The van der Waals surface area contributed by atoms with E-state index in [9.17, 15) is 13.6 Å². The third kappa shape index (κ3) is 2.73. The second-order valence-electron chi connectivity index (χ2n) is 4.46. The molecular formula is C13H16F2N2O. The fraction of sp³-hybridized carbons (Fsp3) is 0.462. The molecule has 1 saturated heterocycles. The minimum absolute atomic E-state index is 0.129. The highest BCUT2D eigenvalue weighted by molar-refractivity contribution is 5.83. The second kappa shape index (κ2) is 5.54. The Balaban J connectivity index is 2.34. The summed E-state index contributed by atoms with van der Waals surface area (Å²) in [6.07, 6.45) is 0. The number of hydrogen-bond donors (Lipinski definition) is 1. The van der Waals surface area contributed by atoms with E-state index < -0.39 is 17.7 Å². The molecule has 1 aromatic rings. The normalized spacial score (nSPS) is 18.6. The Morgan fingerprint density at radius 2 is 2.00 bits per heavy atom. The van der Waals surface area contributed by atoms with E-state index in [1.807, 2.05) is 4.90 Å². The van der Waals surface area contributed by atoms with E-state index in [0.29, 0.717) is 13.1 Å². The van der Waals surface area contributed by atoms with Crippen molar-refractivity contribution >= 4 is 5.78 Å². The van der Waals surface area contributed by atoms with Crippen LogP contribution in [0.25, 0.3) is 0 Å². The number of halogens is 2. The molecule has 3 nitrogen and oxygen atoms in total. The average molecular weight is 254 g/mol. The molecule has 1 fully saturated rings. The first-order valence-electron chi connectivity index (χ1n) is 6.00. The Morgan fingerprint density at radius 1 is 1.33 bits per heavy atom. The van der Waals surface area contributed by atoms with Crippen molar-refractivity contribution in [2.75, 3.05) is 26.2 Å². The Kier molecular flexibility index (Phi) is 4.04. The van der Waals surface area contributed by atoms with Crippen LogP contribution in [0, 0.1) is 11.6 Å². The van der Waals surface area contributed by atoms with Gasteiger partial charge < -0.3 is 5.32 Å². The van der Waals surface area contributed by atoms with Crippen LogP contribution in [0.3, 0.4) is 0 Å². The van der Waals surface area contributed by atoms with Crippen molar-refractivity contribution in [3.63, 3.8) is 0 Å². The van der Waals surface area contributed by atoms with Crippen LogP contribution >= 0.6 is 0 Å². The molecule has 1 aliphatic heterocycles. The number of hydrogen-bond acceptors (Lipinski definition) is 3. The minimum atomic E-state index is -0.692. The molecule has 0 bridgehead atoms. The Labute approximate surface area is 105 Å². The lowest BCUT2D eigenvalue weighted by Gasteiger charge is -2.33. The summed E-state index contributed by atoms with van der Waals surface area (Å²) in [5, 5.41) is 3.17. The maximum Gasteiger partial charge on any atom is 0.151 e. The lowest BCUT2D eigenvalue weighted by Crippen LogP contribution is -2.47. The summed E-state index contributed by atoms with van der Waals surface area (Å²) in [5.74, 6) is -1.22. The summed E-state index contributed by atoms with van der Waals surface area (Å²) in [6, 6.07) is 2.56. The molecule has 98 valence electrons. The molecule has 0 spiro atoms. The number of benzene rings is 1. The van der Waals surface area contributed by atoms with E-state index in [1.54, 1.807) is 0 Å². The van der Waals surface area contributed by atoms with Gasteiger partial charge in [0.1, 0.15) is 11.6 Å². The van der Waals surface area contributed by atoms with E-state index in [0.717, 1.165) is 31.3 Å². The lowest BCUT2D eigenvalue weighted by atomic mass is 10.00. The molecule has 0 aliphatic carbocycles. The van der Waals surface area contributed by atoms with Gasteiger partial charge >= 0.3 is 0 Å². The van der Waals surface area contributed by atoms with Crippen molar-refractivity contribution in [3.8, 4) is 0 Å². The first kappa shape index (κ1) is 13.1. The van der Waals surface area contributed by atoms with Crippen LogP contribution in [0.15, 0.2) is 18.2 Å². The highest BCUT2D eigenvalue weighted by Gasteiger charge is 2.28. The summed E-state index contributed by atoms with van der Waals surface area (Å²) < 4.78 is 27.0. The van der Waals surface area contributed by atoms with Crippen LogP contribution in [0.1, 0.15) is 18.5 Å². The SMILES string of the molecule is CC(=O)C(c1cc(F)ccc1F)N1CCNCC1. The number of piperazine rings is 1. The third-order valence-corrected chi connectivity index (χ3v) is 3.15. The summed E-state index contributed by atoms with van der Waals surface area (Å²) in [5.41, 5.74) is 0.129. The maximum absolute atomic E-state index is 13.8. The predicted octanol–water partition coefficient (Wildman–Crippen LogP) is 1.50. The molecule has 2 rings (SSSR count). The fourth-order valence-corrected chi connectivity index (χ4v) is 2.34. The van der Waals surface area contributed by atoms with E-state index in [4.69, 9.17) is 0 Å².